The van der Waals surface area contributed by atoms with Crippen molar-refractivity contribution in [1.29, 1.82) is 0 Å². The van der Waals surface area contributed by atoms with Crippen molar-refractivity contribution in [2.24, 2.45) is 0 Å². The minimum absolute atomic E-state index is 1.25. The Hall–Kier alpha value is -1.74. The van der Waals surface area contributed by atoms with Crippen LogP contribution in [0.4, 0.5) is 0 Å². The number of hydrogen-bond acceptors (Lipinski definition) is 0. The van der Waals surface area contributed by atoms with Gasteiger partial charge in [0.25, 0.3) is 0 Å². The molecule has 74 valence electrons. The summed E-state index contributed by atoms with van der Waals surface area (Å²) in [5.74, 6) is 0. The van der Waals surface area contributed by atoms with Gasteiger partial charge >= 0.3 is 0 Å². The maximum absolute atomic E-state index is 3.02. The van der Waals surface area contributed by atoms with E-state index in [1.165, 1.54) is 27.8 Å². The fraction of sp³-hybridized carbons (Fsp3) is 0.200. The fourth-order valence-electron chi connectivity index (χ4n) is 1.77. The van der Waals surface area contributed by atoms with E-state index in [0.717, 1.165) is 0 Å². The molecule has 0 heteroatoms. The predicted molar refractivity (Wildman–Crippen MR) is 64.7 cm³/mol. The van der Waals surface area contributed by atoms with Gasteiger partial charge in [0, 0.05) is 0 Å². The highest BCUT2D eigenvalue weighted by Crippen LogP contribution is 2.25. The molecule has 0 aliphatic heterocycles. The minimum atomic E-state index is 1.25. The van der Waals surface area contributed by atoms with Gasteiger partial charge in [-0.1, -0.05) is 35.2 Å². The molecule has 15 heavy (non-hydrogen) atoms. The molecule has 1 aromatic rings. The van der Waals surface area contributed by atoms with Crippen molar-refractivity contribution in [3.05, 3.63) is 64.1 Å². The zero-order valence-electron chi connectivity index (χ0n) is 9.39. The van der Waals surface area contributed by atoms with Gasteiger partial charge in [-0.05, 0) is 55.2 Å². The van der Waals surface area contributed by atoms with Crippen molar-refractivity contribution >= 4 is 5.57 Å². The maximum Gasteiger partial charge on any atom is -0.00337 e. The number of aryl methyl sites for hydroxylation is 2. The molecule has 2 rings (SSSR count). The van der Waals surface area contributed by atoms with Crippen LogP contribution < -0.4 is 0 Å². The third-order valence-electron chi connectivity index (χ3n) is 2.70. The second kappa shape index (κ2) is 3.79. The van der Waals surface area contributed by atoms with E-state index in [1.807, 2.05) is 12.2 Å². The molecule has 0 fully saturated rings. The summed E-state index contributed by atoms with van der Waals surface area (Å²) in [6.07, 6.45) is 3.99. The Bertz CT molecular complexity index is 529. The Morgan fingerprint density at radius 1 is 0.933 bits per heavy atom. The molecular weight excluding hydrogens is 180 g/mol. The van der Waals surface area contributed by atoms with Crippen LogP contribution in [0.5, 0.6) is 0 Å². The highest BCUT2D eigenvalue weighted by molar-refractivity contribution is 5.80. The van der Waals surface area contributed by atoms with E-state index in [1.54, 1.807) is 0 Å². The van der Waals surface area contributed by atoms with E-state index in [2.05, 4.69) is 50.4 Å². The Labute approximate surface area is 91.0 Å². The monoisotopic (exact) mass is 194 g/mol. The average Bonchev–Trinajstić information content (AvgIpc) is 2.23. The van der Waals surface area contributed by atoms with Gasteiger partial charge in [-0.25, -0.2) is 0 Å². The molecule has 0 atom stereocenters. The van der Waals surface area contributed by atoms with Gasteiger partial charge in [0.1, 0.15) is 0 Å². The third kappa shape index (κ3) is 1.87. The van der Waals surface area contributed by atoms with E-state index >= 15 is 0 Å². The summed E-state index contributed by atoms with van der Waals surface area (Å²) in [7, 11) is 0. The highest BCUT2D eigenvalue weighted by Gasteiger charge is 2.06. The molecule has 0 nitrogen and oxygen atoms in total. The molecule has 0 aromatic heterocycles. The van der Waals surface area contributed by atoms with E-state index in [-0.39, 0.29) is 0 Å². The third-order valence-corrected chi connectivity index (χ3v) is 2.70. The van der Waals surface area contributed by atoms with Crippen LogP contribution in [-0.2, 0) is 0 Å². The van der Waals surface area contributed by atoms with Crippen LogP contribution in [0.1, 0.15) is 23.6 Å². The number of benzene rings is 1. The van der Waals surface area contributed by atoms with Crippen molar-refractivity contribution in [3.63, 3.8) is 0 Å². The lowest BCUT2D eigenvalue weighted by Gasteiger charge is -2.10. The molecule has 1 aliphatic rings. The van der Waals surface area contributed by atoms with Crippen LogP contribution in [0, 0.1) is 13.8 Å². The van der Waals surface area contributed by atoms with Crippen LogP contribution in [0.2, 0.25) is 0 Å². The number of allylic oxidation sites excluding steroid dienone is 4. The SMILES string of the molecule is CC1=C(c2cc(C)ccc2C)C=C=C=C1. The van der Waals surface area contributed by atoms with Gasteiger partial charge in [0.05, 0.1) is 0 Å². The second-order valence-corrected chi connectivity index (χ2v) is 3.99. The van der Waals surface area contributed by atoms with Gasteiger partial charge in [-0.2, -0.15) is 0 Å². The zero-order chi connectivity index (χ0) is 10.8. The van der Waals surface area contributed by atoms with E-state index in [0.29, 0.717) is 0 Å². The van der Waals surface area contributed by atoms with Crippen LogP contribution in [0.15, 0.2) is 47.4 Å². The largest absolute Gasteiger partial charge is 0.0699 e. The predicted octanol–water partition coefficient (Wildman–Crippen LogP) is 3.96. The van der Waals surface area contributed by atoms with Crippen molar-refractivity contribution in [2.75, 3.05) is 0 Å². The lowest BCUT2D eigenvalue weighted by atomic mass is 9.94. The first kappa shape index (κ1) is 9.80. The Morgan fingerprint density at radius 2 is 1.67 bits per heavy atom. The standard InChI is InChI=1S/C15H14/c1-11-8-9-13(3)15(10-11)14-7-5-4-6-12(14)2/h6-10H,1-3H3. The molecule has 0 radical (unpaired) electrons. The quantitative estimate of drug-likeness (QED) is 0.594. The first-order chi connectivity index (χ1) is 7.18. The highest BCUT2D eigenvalue weighted by atomic mass is 14.1. The molecule has 0 amide bonds. The van der Waals surface area contributed by atoms with E-state index in [9.17, 15) is 0 Å². The van der Waals surface area contributed by atoms with Gasteiger partial charge < -0.3 is 0 Å². The summed E-state index contributed by atoms with van der Waals surface area (Å²) in [4.78, 5) is 0. The van der Waals surface area contributed by atoms with Gasteiger partial charge in [0.2, 0.25) is 0 Å². The number of hydrogen-bond donors (Lipinski definition) is 0. The summed E-state index contributed by atoms with van der Waals surface area (Å²) in [6.45, 7) is 6.38. The Morgan fingerprint density at radius 3 is 2.40 bits per heavy atom. The molecule has 0 N–H and O–H groups in total. The Kier molecular flexibility index (Phi) is 2.47. The van der Waals surface area contributed by atoms with Gasteiger partial charge in [0.15, 0.2) is 0 Å². The molecule has 0 spiro atoms. The summed E-state index contributed by atoms with van der Waals surface area (Å²) < 4.78 is 0. The average molecular weight is 194 g/mol. The smallest absolute Gasteiger partial charge is 0.00337 e. The van der Waals surface area contributed by atoms with E-state index in [4.69, 9.17) is 0 Å². The van der Waals surface area contributed by atoms with Crippen LogP contribution in [0.25, 0.3) is 5.57 Å². The normalized spacial score (nSPS) is 13.8. The number of rotatable bonds is 1. The molecule has 1 aliphatic carbocycles. The summed E-state index contributed by atoms with van der Waals surface area (Å²) in [6, 6.07) is 6.54. The summed E-state index contributed by atoms with van der Waals surface area (Å²) in [5.41, 5.74) is 12.4. The van der Waals surface area contributed by atoms with Gasteiger partial charge in [-0.15, -0.1) is 0 Å². The summed E-state index contributed by atoms with van der Waals surface area (Å²) >= 11 is 0. The topological polar surface area (TPSA) is 0 Å². The molecule has 0 saturated heterocycles. The molecular formula is C15H14. The van der Waals surface area contributed by atoms with Crippen molar-refractivity contribution in [1.82, 2.24) is 0 Å². The molecule has 0 heterocycles. The van der Waals surface area contributed by atoms with Crippen molar-refractivity contribution < 1.29 is 0 Å². The molecule has 0 saturated carbocycles. The lowest BCUT2D eigenvalue weighted by molar-refractivity contribution is 1.35. The van der Waals surface area contributed by atoms with Crippen LogP contribution >= 0.6 is 0 Å². The van der Waals surface area contributed by atoms with Crippen molar-refractivity contribution in [2.45, 2.75) is 20.8 Å². The first-order valence-corrected chi connectivity index (χ1v) is 5.14. The second-order valence-electron chi connectivity index (χ2n) is 3.99. The fourth-order valence-corrected chi connectivity index (χ4v) is 1.77. The molecule has 1 aromatic carbocycles. The Balaban J connectivity index is 2.61. The molecule has 0 bridgehead atoms. The lowest BCUT2D eigenvalue weighted by Crippen LogP contribution is -1.91. The zero-order valence-corrected chi connectivity index (χ0v) is 9.39. The first-order valence-electron chi connectivity index (χ1n) is 5.14. The molecule has 0 unspecified atom stereocenters. The van der Waals surface area contributed by atoms with E-state index < -0.39 is 0 Å². The van der Waals surface area contributed by atoms with Crippen LogP contribution in [-0.4, -0.2) is 0 Å². The van der Waals surface area contributed by atoms with Gasteiger partial charge in [-0.3, -0.25) is 0 Å². The summed E-state index contributed by atoms with van der Waals surface area (Å²) in [5, 5.41) is 0. The minimum Gasteiger partial charge on any atom is -0.0699 e. The van der Waals surface area contributed by atoms with Crippen LogP contribution in [0.3, 0.4) is 0 Å². The van der Waals surface area contributed by atoms with Crippen molar-refractivity contribution in [3.8, 4) is 0 Å². The maximum atomic E-state index is 3.02.